The first-order valence-electron chi connectivity index (χ1n) is 10.5. The lowest BCUT2D eigenvalue weighted by Gasteiger charge is -2.39. The van der Waals surface area contributed by atoms with Gasteiger partial charge in [0.05, 0.1) is 10.9 Å². The van der Waals surface area contributed by atoms with Crippen LogP contribution in [0.15, 0.2) is 48.5 Å². The Hall–Kier alpha value is -2.65. The zero-order chi connectivity index (χ0) is 23.7. The molecule has 9 heteroatoms. The molecule has 0 spiro atoms. The number of morpholine rings is 1. The van der Waals surface area contributed by atoms with Gasteiger partial charge in [0.15, 0.2) is 6.30 Å². The summed E-state index contributed by atoms with van der Waals surface area (Å²) in [6, 6.07) is 13.2. The number of anilines is 3. The van der Waals surface area contributed by atoms with Crippen molar-refractivity contribution in [2.24, 2.45) is 0 Å². The SMILES string of the molecule is CC1CN(c2ccc(NC(=O)c3ccc(NS(=O)(=O)C(C)(C)C)cc3)cc2)C(F)C(C)O1. The summed E-state index contributed by atoms with van der Waals surface area (Å²) < 4.78 is 46.1. The summed E-state index contributed by atoms with van der Waals surface area (Å²) in [5.41, 5.74) is 2.05. The third-order valence-electron chi connectivity index (χ3n) is 5.25. The van der Waals surface area contributed by atoms with Gasteiger partial charge < -0.3 is 15.0 Å². The summed E-state index contributed by atoms with van der Waals surface area (Å²) in [6.07, 6.45) is -1.83. The van der Waals surface area contributed by atoms with Gasteiger partial charge in [0, 0.05) is 29.2 Å². The molecule has 1 amide bonds. The Morgan fingerprint density at radius 3 is 2.16 bits per heavy atom. The van der Waals surface area contributed by atoms with E-state index in [4.69, 9.17) is 4.74 Å². The topological polar surface area (TPSA) is 87.7 Å². The number of nitrogens with one attached hydrogen (secondary N) is 2. The maximum absolute atomic E-state index is 14.5. The highest BCUT2D eigenvalue weighted by Crippen LogP contribution is 2.27. The van der Waals surface area contributed by atoms with E-state index in [1.807, 2.05) is 6.92 Å². The molecule has 32 heavy (non-hydrogen) atoms. The normalized spacial score (nSPS) is 21.8. The van der Waals surface area contributed by atoms with Gasteiger partial charge >= 0.3 is 0 Å². The molecule has 1 aliphatic heterocycles. The van der Waals surface area contributed by atoms with Gasteiger partial charge in [-0.1, -0.05) is 0 Å². The number of amides is 1. The van der Waals surface area contributed by atoms with Crippen LogP contribution in [0.2, 0.25) is 0 Å². The minimum atomic E-state index is -3.55. The first-order valence-corrected chi connectivity index (χ1v) is 12.0. The average molecular weight is 464 g/mol. The Kier molecular flexibility index (Phi) is 6.80. The summed E-state index contributed by atoms with van der Waals surface area (Å²) in [6.45, 7) is 8.89. The second-order valence-corrected chi connectivity index (χ2v) is 11.4. The standard InChI is InChI=1S/C23H30FN3O4S/c1-15-14-27(21(24)16(2)31-15)20-12-10-18(11-13-20)25-22(28)17-6-8-19(9-7-17)26-32(29,30)23(3,4)5/h6-13,15-16,21,26H,14H2,1-5H3,(H,25,28). The number of rotatable bonds is 5. The van der Waals surface area contributed by atoms with Crippen LogP contribution in [-0.4, -0.2) is 44.1 Å². The van der Waals surface area contributed by atoms with Crippen LogP contribution in [0.5, 0.6) is 0 Å². The average Bonchev–Trinajstić information content (AvgIpc) is 2.70. The summed E-state index contributed by atoms with van der Waals surface area (Å²) in [5, 5.41) is 2.79. The first kappa shape index (κ1) is 24.0. The minimum Gasteiger partial charge on any atom is -0.369 e. The molecule has 2 N–H and O–H groups in total. The van der Waals surface area contributed by atoms with Gasteiger partial charge in [-0.3, -0.25) is 9.52 Å². The van der Waals surface area contributed by atoms with Gasteiger partial charge in [-0.15, -0.1) is 0 Å². The van der Waals surface area contributed by atoms with Crippen LogP contribution in [0.1, 0.15) is 45.0 Å². The lowest BCUT2D eigenvalue weighted by molar-refractivity contribution is -0.0614. The second kappa shape index (κ2) is 9.07. The zero-order valence-electron chi connectivity index (χ0n) is 18.9. The Labute approximate surface area is 189 Å². The van der Waals surface area contributed by atoms with Crippen molar-refractivity contribution in [2.45, 2.75) is 57.9 Å². The quantitative estimate of drug-likeness (QED) is 0.642. The van der Waals surface area contributed by atoms with E-state index in [2.05, 4.69) is 10.0 Å². The van der Waals surface area contributed by atoms with Crippen molar-refractivity contribution < 1.29 is 22.3 Å². The van der Waals surface area contributed by atoms with Crippen LogP contribution < -0.4 is 14.9 Å². The van der Waals surface area contributed by atoms with E-state index in [0.29, 0.717) is 29.2 Å². The van der Waals surface area contributed by atoms with Crippen molar-refractivity contribution in [3.63, 3.8) is 0 Å². The molecule has 0 bridgehead atoms. The van der Waals surface area contributed by atoms with Crippen LogP contribution in [0.4, 0.5) is 21.5 Å². The number of hydrogen-bond donors (Lipinski definition) is 2. The van der Waals surface area contributed by atoms with E-state index in [-0.39, 0.29) is 12.0 Å². The Morgan fingerprint density at radius 2 is 1.59 bits per heavy atom. The summed E-state index contributed by atoms with van der Waals surface area (Å²) in [7, 11) is -3.55. The van der Waals surface area contributed by atoms with E-state index >= 15 is 0 Å². The number of halogens is 1. The van der Waals surface area contributed by atoms with Crippen molar-refractivity contribution in [1.29, 1.82) is 0 Å². The molecule has 3 atom stereocenters. The first-order chi connectivity index (χ1) is 14.9. The number of carbonyl (C=O) groups excluding carboxylic acids is 1. The molecule has 0 aliphatic carbocycles. The predicted molar refractivity (Wildman–Crippen MR) is 125 cm³/mol. The summed E-state index contributed by atoms with van der Waals surface area (Å²) in [4.78, 5) is 14.2. The zero-order valence-corrected chi connectivity index (χ0v) is 19.7. The van der Waals surface area contributed by atoms with Crippen LogP contribution in [-0.2, 0) is 14.8 Å². The monoisotopic (exact) mass is 463 g/mol. The highest BCUT2D eigenvalue weighted by Gasteiger charge is 2.33. The summed E-state index contributed by atoms with van der Waals surface area (Å²) >= 11 is 0. The van der Waals surface area contributed by atoms with Gasteiger partial charge in [-0.05, 0) is 83.1 Å². The smallest absolute Gasteiger partial charge is 0.255 e. The molecule has 3 unspecified atom stereocenters. The Morgan fingerprint density at radius 1 is 1.03 bits per heavy atom. The second-order valence-electron chi connectivity index (χ2n) is 8.97. The maximum Gasteiger partial charge on any atom is 0.255 e. The Balaban J connectivity index is 1.65. The van der Waals surface area contributed by atoms with Crippen LogP contribution in [0, 0.1) is 0 Å². The number of ether oxygens (including phenoxy) is 1. The third kappa shape index (κ3) is 5.39. The summed E-state index contributed by atoms with van der Waals surface area (Å²) in [5.74, 6) is -0.333. The van der Waals surface area contributed by atoms with Crippen LogP contribution in [0.25, 0.3) is 0 Å². The van der Waals surface area contributed by atoms with Gasteiger partial charge in [0.25, 0.3) is 5.91 Å². The molecule has 2 aromatic carbocycles. The molecule has 1 heterocycles. The van der Waals surface area contributed by atoms with E-state index in [0.717, 1.165) is 0 Å². The predicted octanol–water partition coefficient (Wildman–Crippen LogP) is 4.39. The van der Waals surface area contributed by atoms with Crippen LogP contribution >= 0.6 is 0 Å². The van der Waals surface area contributed by atoms with E-state index in [1.54, 1.807) is 81.1 Å². The van der Waals surface area contributed by atoms with Crippen molar-refractivity contribution >= 4 is 33.0 Å². The van der Waals surface area contributed by atoms with E-state index < -0.39 is 27.2 Å². The van der Waals surface area contributed by atoms with Crippen molar-refractivity contribution in [2.75, 3.05) is 21.5 Å². The van der Waals surface area contributed by atoms with Gasteiger partial charge in [-0.25, -0.2) is 12.8 Å². The molecule has 0 saturated carbocycles. The molecule has 1 fully saturated rings. The fourth-order valence-electron chi connectivity index (χ4n) is 3.29. The number of sulfonamides is 1. The van der Waals surface area contributed by atoms with Gasteiger partial charge in [0.2, 0.25) is 10.0 Å². The molecule has 7 nitrogen and oxygen atoms in total. The molecule has 0 radical (unpaired) electrons. The highest BCUT2D eigenvalue weighted by atomic mass is 32.2. The molecule has 2 aromatic rings. The molecular weight excluding hydrogens is 433 g/mol. The van der Waals surface area contributed by atoms with Crippen molar-refractivity contribution in [1.82, 2.24) is 0 Å². The minimum absolute atomic E-state index is 0.0766. The van der Waals surface area contributed by atoms with Crippen molar-refractivity contribution in [3.8, 4) is 0 Å². The van der Waals surface area contributed by atoms with Gasteiger partial charge in [-0.2, -0.15) is 0 Å². The van der Waals surface area contributed by atoms with Crippen LogP contribution in [0.3, 0.4) is 0 Å². The van der Waals surface area contributed by atoms with Crippen molar-refractivity contribution in [3.05, 3.63) is 54.1 Å². The molecule has 1 aliphatic rings. The molecular formula is C23H30FN3O4S. The molecule has 1 saturated heterocycles. The largest absolute Gasteiger partial charge is 0.369 e. The van der Waals surface area contributed by atoms with E-state index in [1.165, 1.54) is 0 Å². The lowest BCUT2D eigenvalue weighted by atomic mass is 10.1. The Bertz CT molecular complexity index is 1050. The molecule has 3 rings (SSSR count). The molecule has 0 aromatic heterocycles. The molecule has 174 valence electrons. The number of benzene rings is 2. The number of alkyl halides is 1. The fourth-order valence-corrected chi connectivity index (χ4v) is 4.04. The maximum atomic E-state index is 14.5. The number of hydrogen-bond acceptors (Lipinski definition) is 5. The number of carbonyl (C=O) groups is 1. The fraction of sp³-hybridized carbons (Fsp3) is 0.435. The lowest BCUT2D eigenvalue weighted by Crippen LogP contribution is -2.51. The highest BCUT2D eigenvalue weighted by molar-refractivity contribution is 7.94. The van der Waals surface area contributed by atoms with Gasteiger partial charge in [0.1, 0.15) is 6.10 Å². The third-order valence-corrected chi connectivity index (χ3v) is 7.36. The number of nitrogens with zero attached hydrogens (tertiary/aromatic N) is 1. The van der Waals surface area contributed by atoms with E-state index in [9.17, 15) is 17.6 Å².